The number of hydrogen-bond acceptors (Lipinski definition) is 2. The summed E-state index contributed by atoms with van der Waals surface area (Å²) in [6.45, 7) is 6.46. The largest absolute Gasteiger partial charge is 0.313 e. The van der Waals surface area contributed by atoms with Crippen molar-refractivity contribution in [1.82, 2.24) is 5.43 Å². The second kappa shape index (κ2) is 4.27. The van der Waals surface area contributed by atoms with Gasteiger partial charge in [0.05, 0.1) is 6.21 Å². The van der Waals surface area contributed by atoms with Gasteiger partial charge in [0.2, 0.25) is 0 Å². The molecule has 0 saturated heterocycles. The van der Waals surface area contributed by atoms with Crippen molar-refractivity contribution in [3.05, 3.63) is 35.5 Å². The normalized spacial score (nSPS) is 20.3. The lowest BCUT2D eigenvalue weighted by Gasteiger charge is -2.14. The zero-order valence-corrected chi connectivity index (χ0v) is 9.33. The lowest BCUT2D eigenvalue weighted by Crippen LogP contribution is -2.05. The molecule has 0 aromatic rings. The van der Waals surface area contributed by atoms with Crippen LogP contribution in [0.15, 0.2) is 40.6 Å². The minimum absolute atomic E-state index is 0.101. The van der Waals surface area contributed by atoms with Crippen LogP contribution in [0.4, 0.5) is 0 Å². The van der Waals surface area contributed by atoms with Gasteiger partial charge < -0.3 is 5.43 Å². The molecule has 14 heavy (non-hydrogen) atoms. The molecule has 0 saturated carbocycles. The van der Waals surface area contributed by atoms with Crippen molar-refractivity contribution in [1.29, 1.82) is 0 Å². The molecule has 1 aliphatic rings. The lowest BCUT2D eigenvalue weighted by atomic mass is 9.90. The molecular weight excluding hydrogens is 172 g/mol. The van der Waals surface area contributed by atoms with E-state index in [0.717, 1.165) is 0 Å². The lowest BCUT2D eigenvalue weighted by molar-refractivity contribution is 0.625. The first-order chi connectivity index (χ1) is 6.55. The van der Waals surface area contributed by atoms with E-state index < -0.39 is 0 Å². The van der Waals surface area contributed by atoms with Crippen LogP contribution in [0.5, 0.6) is 0 Å². The van der Waals surface area contributed by atoms with Crippen molar-refractivity contribution in [3.63, 3.8) is 0 Å². The topological polar surface area (TPSA) is 24.4 Å². The molecule has 0 atom stereocenters. The Morgan fingerprint density at radius 1 is 1.43 bits per heavy atom. The number of hydrogen-bond donors (Lipinski definition) is 1. The molecule has 2 nitrogen and oxygen atoms in total. The molecular formula is C12H18N2. The molecule has 0 radical (unpaired) electrons. The van der Waals surface area contributed by atoms with E-state index in [1.54, 1.807) is 7.05 Å². The Balaban J connectivity index is 3.00. The fourth-order valence-corrected chi connectivity index (χ4v) is 1.37. The Hall–Kier alpha value is -1.31. The van der Waals surface area contributed by atoms with Crippen molar-refractivity contribution < 1.29 is 0 Å². The molecule has 0 fully saturated rings. The quantitative estimate of drug-likeness (QED) is 0.525. The van der Waals surface area contributed by atoms with Gasteiger partial charge in [0.15, 0.2) is 0 Å². The predicted octanol–water partition coefficient (Wildman–Crippen LogP) is 2.66. The van der Waals surface area contributed by atoms with Crippen LogP contribution in [0.25, 0.3) is 0 Å². The van der Waals surface area contributed by atoms with Crippen LogP contribution in [0.3, 0.4) is 0 Å². The van der Waals surface area contributed by atoms with E-state index in [1.807, 2.05) is 6.21 Å². The summed E-state index contributed by atoms with van der Waals surface area (Å²) in [7, 11) is 1.80. The summed E-state index contributed by atoms with van der Waals surface area (Å²) in [5.41, 5.74) is 5.28. The molecule has 0 amide bonds. The van der Waals surface area contributed by atoms with E-state index >= 15 is 0 Å². The molecule has 0 aromatic carbocycles. The Morgan fingerprint density at radius 2 is 2.14 bits per heavy atom. The predicted molar refractivity (Wildman–Crippen MR) is 62.3 cm³/mol. The summed E-state index contributed by atoms with van der Waals surface area (Å²) >= 11 is 0. The SMILES string of the molecule is CN/N=C\C1=CC(C)(C)C=CC=C1C. The molecule has 0 aliphatic heterocycles. The molecule has 0 spiro atoms. The second-order valence-electron chi connectivity index (χ2n) is 4.11. The number of rotatable bonds is 2. The van der Waals surface area contributed by atoms with Gasteiger partial charge in [0, 0.05) is 12.5 Å². The van der Waals surface area contributed by atoms with Crippen LogP contribution < -0.4 is 5.43 Å². The van der Waals surface area contributed by atoms with Crippen LogP contribution >= 0.6 is 0 Å². The summed E-state index contributed by atoms with van der Waals surface area (Å²) in [5, 5.41) is 4.04. The third kappa shape index (κ3) is 2.87. The summed E-state index contributed by atoms with van der Waals surface area (Å²) < 4.78 is 0. The molecule has 0 unspecified atom stereocenters. The van der Waals surface area contributed by atoms with Gasteiger partial charge in [-0.1, -0.05) is 38.2 Å². The summed E-state index contributed by atoms with van der Waals surface area (Å²) in [6, 6.07) is 0. The highest BCUT2D eigenvalue weighted by Crippen LogP contribution is 2.26. The fourth-order valence-electron chi connectivity index (χ4n) is 1.37. The summed E-state index contributed by atoms with van der Waals surface area (Å²) in [5.74, 6) is 0. The van der Waals surface area contributed by atoms with Gasteiger partial charge in [-0.2, -0.15) is 5.10 Å². The van der Waals surface area contributed by atoms with Crippen LogP contribution in [0, 0.1) is 5.41 Å². The third-order valence-corrected chi connectivity index (χ3v) is 2.19. The van der Waals surface area contributed by atoms with Crippen molar-refractivity contribution in [2.24, 2.45) is 10.5 Å². The van der Waals surface area contributed by atoms with Gasteiger partial charge in [0.1, 0.15) is 0 Å². The van der Waals surface area contributed by atoms with Gasteiger partial charge in [-0.3, -0.25) is 0 Å². The molecule has 1 rings (SSSR count). The average Bonchev–Trinajstić information content (AvgIpc) is 2.22. The van der Waals surface area contributed by atoms with Crippen molar-refractivity contribution in [3.8, 4) is 0 Å². The van der Waals surface area contributed by atoms with Gasteiger partial charge in [-0.15, -0.1) is 0 Å². The summed E-state index contributed by atoms with van der Waals surface area (Å²) in [6.07, 6.45) is 10.5. The minimum Gasteiger partial charge on any atom is -0.313 e. The number of nitrogens with zero attached hydrogens (tertiary/aromatic N) is 1. The van der Waals surface area contributed by atoms with Crippen LogP contribution in [-0.2, 0) is 0 Å². The van der Waals surface area contributed by atoms with Crippen molar-refractivity contribution >= 4 is 6.21 Å². The zero-order chi connectivity index (χ0) is 10.6. The van der Waals surface area contributed by atoms with Gasteiger partial charge in [-0.05, 0) is 18.1 Å². The molecule has 0 aromatic heterocycles. The molecule has 2 heteroatoms. The first kappa shape index (κ1) is 10.8. The van der Waals surface area contributed by atoms with E-state index in [0.29, 0.717) is 0 Å². The van der Waals surface area contributed by atoms with E-state index in [1.165, 1.54) is 11.1 Å². The Morgan fingerprint density at radius 3 is 2.79 bits per heavy atom. The Bertz CT molecular complexity index is 317. The minimum atomic E-state index is 0.101. The first-order valence-electron chi connectivity index (χ1n) is 4.84. The van der Waals surface area contributed by atoms with Gasteiger partial charge >= 0.3 is 0 Å². The molecule has 76 valence electrons. The maximum Gasteiger partial charge on any atom is 0.0540 e. The van der Waals surface area contributed by atoms with Crippen molar-refractivity contribution in [2.75, 3.05) is 7.05 Å². The maximum absolute atomic E-state index is 4.04. The smallest absolute Gasteiger partial charge is 0.0540 e. The fraction of sp³-hybridized carbons (Fsp3) is 0.417. The molecule has 1 aliphatic carbocycles. The summed E-state index contributed by atoms with van der Waals surface area (Å²) in [4.78, 5) is 0. The second-order valence-corrected chi connectivity index (χ2v) is 4.11. The Labute approximate surface area is 86.1 Å². The number of allylic oxidation sites excluding steroid dienone is 6. The number of nitrogens with one attached hydrogen (secondary N) is 1. The highest BCUT2D eigenvalue weighted by atomic mass is 15.3. The van der Waals surface area contributed by atoms with E-state index in [4.69, 9.17) is 0 Å². The third-order valence-electron chi connectivity index (χ3n) is 2.19. The molecule has 0 bridgehead atoms. The maximum atomic E-state index is 4.04. The molecule has 0 heterocycles. The van der Waals surface area contributed by atoms with Crippen LogP contribution in [0.2, 0.25) is 0 Å². The Kier molecular flexibility index (Phi) is 3.28. The number of hydrazone groups is 1. The highest BCUT2D eigenvalue weighted by molar-refractivity contribution is 5.84. The van der Waals surface area contributed by atoms with Crippen LogP contribution in [0.1, 0.15) is 20.8 Å². The average molecular weight is 190 g/mol. The van der Waals surface area contributed by atoms with Crippen molar-refractivity contribution in [2.45, 2.75) is 20.8 Å². The van der Waals surface area contributed by atoms with Crippen LogP contribution in [-0.4, -0.2) is 13.3 Å². The standard InChI is InChI=1S/C12H18N2/c1-10-6-5-7-12(2,3)8-11(10)9-14-13-4/h5-9,13H,1-4H3/b14-9-. The highest BCUT2D eigenvalue weighted by Gasteiger charge is 2.13. The van der Waals surface area contributed by atoms with Gasteiger partial charge in [0.25, 0.3) is 0 Å². The monoisotopic (exact) mass is 190 g/mol. The van der Waals surface area contributed by atoms with E-state index in [-0.39, 0.29) is 5.41 Å². The first-order valence-corrected chi connectivity index (χ1v) is 4.84. The molecule has 1 N–H and O–H groups in total. The van der Waals surface area contributed by atoms with E-state index in [2.05, 4.69) is 55.6 Å². The zero-order valence-electron chi connectivity index (χ0n) is 9.33. The van der Waals surface area contributed by atoms with E-state index in [9.17, 15) is 0 Å². The van der Waals surface area contributed by atoms with Gasteiger partial charge in [-0.25, -0.2) is 0 Å².